The zero-order valence-corrected chi connectivity index (χ0v) is 17.7. The lowest BCUT2D eigenvalue weighted by atomic mass is 9.71. The highest BCUT2D eigenvalue weighted by Crippen LogP contribution is 2.61. The van der Waals surface area contributed by atoms with Gasteiger partial charge in [-0.25, -0.2) is 0 Å². The van der Waals surface area contributed by atoms with Crippen LogP contribution in [-0.2, 0) is 25.8 Å². The van der Waals surface area contributed by atoms with Crippen LogP contribution in [0.4, 0.5) is 0 Å². The van der Waals surface area contributed by atoms with Gasteiger partial charge in [0.15, 0.2) is 0 Å². The molecule has 2 aliphatic carbocycles. The molecule has 1 saturated heterocycles. The number of fused-ring (bicyclic) bond motifs is 8. The molecule has 2 aromatic carbocycles. The van der Waals surface area contributed by atoms with Crippen molar-refractivity contribution < 1.29 is 29.1 Å². The van der Waals surface area contributed by atoms with E-state index >= 15 is 0 Å². The number of oxime groups is 1. The molecule has 2 bridgehead atoms. The molecule has 33 heavy (non-hydrogen) atoms. The van der Waals surface area contributed by atoms with Gasteiger partial charge in [-0.1, -0.05) is 35.5 Å². The minimum atomic E-state index is -1.18. The average Bonchev–Trinajstić information content (AvgIpc) is 3.56. The normalized spacial score (nSPS) is 31.3. The number of ether oxygens (including phenoxy) is 1. The summed E-state index contributed by atoms with van der Waals surface area (Å²) in [5, 5.41) is 13.4. The largest absolute Gasteiger partial charge is 0.489 e. The summed E-state index contributed by atoms with van der Waals surface area (Å²) in [7, 11) is 0. The van der Waals surface area contributed by atoms with Gasteiger partial charge in [-0.3, -0.25) is 19.3 Å². The third-order valence-corrected chi connectivity index (χ3v) is 7.47. The van der Waals surface area contributed by atoms with Crippen molar-refractivity contribution in [1.29, 1.82) is 0 Å². The number of benzene rings is 2. The Kier molecular flexibility index (Phi) is 4.50. The fourth-order valence-corrected chi connectivity index (χ4v) is 6.18. The number of carbonyl (C=O) groups excluding carboxylic acids is 2. The molecule has 3 fully saturated rings. The molecule has 0 aromatic heterocycles. The second-order valence-corrected chi connectivity index (χ2v) is 9.14. The van der Waals surface area contributed by atoms with E-state index in [9.17, 15) is 14.4 Å². The molecule has 8 nitrogen and oxygen atoms in total. The van der Waals surface area contributed by atoms with Gasteiger partial charge in [0, 0.05) is 17.4 Å². The molecule has 2 heterocycles. The predicted molar refractivity (Wildman–Crippen MR) is 115 cm³/mol. The van der Waals surface area contributed by atoms with Crippen molar-refractivity contribution >= 4 is 23.5 Å². The Bertz CT molecular complexity index is 1160. The summed E-state index contributed by atoms with van der Waals surface area (Å²) in [6.07, 6.45) is 0.474. The number of likely N-dealkylation sites (tertiary alicyclic amines) is 1. The zero-order chi connectivity index (χ0) is 22.7. The first-order chi connectivity index (χ1) is 16.0. The molecule has 0 unspecified atom stereocenters. The molecule has 2 amide bonds. The fourth-order valence-electron chi connectivity index (χ4n) is 6.18. The summed E-state index contributed by atoms with van der Waals surface area (Å²) in [5.74, 6) is -2.43. The van der Waals surface area contributed by atoms with Crippen molar-refractivity contribution in [2.45, 2.75) is 19.1 Å². The van der Waals surface area contributed by atoms with Crippen LogP contribution >= 0.6 is 0 Å². The molecule has 2 aliphatic heterocycles. The minimum Gasteiger partial charge on any atom is -0.489 e. The number of amides is 2. The van der Waals surface area contributed by atoms with Gasteiger partial charge in [0.1, 0.15) is 25.0 Å². The molecule has 4 aliphatic rings. The van der Waals surface area contributed by atoms with Gasteiger partial charge < -0.3 is 14.7 Å². The Balaban J connectivity index is 1.19. The summed E-state index contributed by atoms with van der Waals surface area (Å²) < 4.78 is 5.87. The van der Waals surface area contributed by atoms with Gasteiger partial charge in [0.25, 0.3) is 0 Å². The molecule has 8 heteroatoms. The predicted octanol–water partition coefficient (Wildman–Crippen LogP) is 2.32. The topological polar surface area (TPSA) is 106 Å². The van der Waals surface area contributed by atoms with Gasteiger partial charge in [0.2, 0.25) is 11.8 Å². The van der Waals surface area contributed by atoms with Gasteiger partial charge in [-0.2, -0.15) is 0 Å². The zero-order valence-electron chi connectivity index (χ0n) is 17.7. The first-order valence-electron chi connectivity index (χ1n) is 11.1. The van der Waals surface area contributed by atoms with Gasteiger partial charge >= 0.3 is 5.97 Å². The number of imide groups is 1. The van der Waals surface area contributed by atoms with E-state index < -0.39 is 24.3 Å². The number of hydrogen-bond donors (Lipinski definition) is 1. The number of nitrogens with zero attached hydrogens (tertiary/aromatic N) is 2. The summed E-state index contributed by atoms with van der Waals surface area (Å²) in [4.78, 5) is 43.6. The second kappa shape index (κ2) is 7.43. The lowest BCUT2D eigenvalue weighted by Crippen LogP contribution is -2.41. The SMILES string of the molecule is O=C(O)CN1C(=O)[C@@H]2[C@H]3C[C@H]([C@H]4ON=C(c5ccc(OCc6ccccc6)cc5)[C@@H]34)[C@@H]2C1=O. The monoisotopic (exact) mass is 446 g/mol. The number of rotatable bonds is 6. The van der Waals surface area contributed by atoms with Crippen molar-refractivity contribution in [2.24, 2.45) is 34.7 Å². The first kappa shape index (κ1) is 20.0. The van der Waals surface area contributed by atoms with Crippen LogP contribution in [0.5, 0.6) is 5.75 Å². The van der Waals surface area contributed by atoms with Crippen molar-refractivity contribution in [3.63, 3.8) is 0 Å². The van der Waals surface area contributed by atoms with E-state index in [0.717, 1.165) is 33.9 Å². The molecule has 2 aromatic rings. The number of aliphatic carboxylic acids is 1. The van der Waals surface area contributed by atoms with Crippen LogP contribution in [0.2, 0.25) is 0 Å². The molecular weight excluding hydrogens is 424 g/mol. The van der Waals surface area contributed by atoms with Crippen molar-refractivity contribution in [2.75, 3.05) is 6.54 Å². The highest BCUT2D eigenvalue weighted by molar-refractivity contribution is 6.10. The number of hydrogen-bond acceptors (Lipinski definition) is 6. The maximum atomic E-state index is 12.9. The van der Waals surface area contributed by atoms with Crippen LogP contribution in [0.3, 0.4) is 0 Å². The number of carboxylic acids is 1. The summed E-state index contributed by atoms with van der Waals surface area (Å²) >= 11 is 0. The minimum absolute atomic E-state index is 0.0736. The lowest BCUT2D eigenvalue weighted by Gasteiger charge is -2.29. The maximum absolute atomic E-state index is 12.9. The van der Waals surface area contributed by atoms with Crippen LogP contribution in [0.15, 0.2) is 59.8 Å². The van der Waals surface area contributed by atoms with Crippen molar-refractivity contribution in [3.05, 3.63) is 65.7 Å². The van der Waals surface area contributed by atoms with Crippen LogP contribution in [0, 0.1) is 29.6 Å². The lowest BCUT2D eigenvalue weighted by molar-refractivity contribution is -0.150. The van der Waals surface area contributed by atoms with E-state index in [0.29, 0.717) is 6.61 Å². The molecule has 0 spiro atoms. The maximum Gasteiger partial charge on any atom is 0.323 e. The Morgan fingerprint density at radius 2 is 1.70 bits per heavy atom. The van der Waals surface area contributed by atoms with Gasteiger partial charge in [0.05, 0.1) is 17.5 Å². The van der Waals surface area contributed by atoms with E-state index in [-0.39, 0.29) is 35.7 Å². The highest BCUT2D eigenvalue weighted by Gasteiger charge is 2.70. The average molecular weight is 446 g/mol. The molecule has 2 saturated carbocycles. The van der Waals surface area contributed by atoms with Crippen molar-refractivity contribution in [1.82, 2.24) is 4.90 Å². The summed E-state index contributed by atoms with van der Waals surface area (Å²) in [6, 6.07) is 17.6. The first-order valence-corrected chi connectivity index (χ1v) is 11.1. The Morgan fingerprint density at radius 1 is 1.00 bits per heavy atom. The van der Waals surface area contributed by atoms with E-state index in [2.05, 4.69) is 5.16 Å². The third kappa shape index (κ3) is 3.04. The molecular formula is C25H22N2O6. The standard InChI is InChI=1S/C25H22N2O6/c28-18(29)11-27-24(30)19-16-10-17(20(19)25(27)31)23-21(16)22(26-33-23)14-6-8-15(9-7-14)32-12-13-4-2-1-3-5-13/h1-9,16-17,19-21,23H,10-12H2,(H,28,29)/t16-,17+,19-,20+,21-,23-/m1/s1. The van der Waals surface area contributed by atoms with Gasteiger partial charge in [-0.15, -0.1) is 0 Å². The van der Waals surface area contributed by atoms with Crippen LogP contribution < -0.4 is 4.74 Å². The molecule has 0 radical (unpaired) electrons. The van der Waals surface area contributed by atoms with Crippen molar-refractivity contribution in [3.8, 4) is 5.75 Å². The third-order valence-electron chi connectivity index (χ3n) is 7.47. The quantitative estimate of drug-likeness (QED) is 0.683. The molecule has 6 atom stereocenters. The van der Waals surface area contributed by atoms with E-state index in [1.54, 1.807) is 0 Å². The Hall–Kier alpha value is -3.68. The van der Waals surface area contributed by atoms with E-state index in [1.165, 1.54) is 0 Å². The molecule has 168 valence electrons. The second-order valence-electron chi connectivity index (χ2n) is 9.14. The van der Waals surface area contributed by atoms with Crippen LogP contribution in [-0.4, -0.2) is 46.2 Å². The molecule has 6 rings (SSSR count). The summed E-state index contributed by atoms with van der Waals surface area (Å²) in [6.45, 7) is -0.101. The highest BCUT2D eigenvalue weighted by atomic mass is 16.6. The fraction of sp³-hybridized carbons (Fsp3) is 0.360. The van der Waals surface area contributed by atoms with Crippen LogP contribution in [0.25, 0.3) is 0 Å². The number of carbonyl (C=O) groups is 3. The Morgan fingerprint density at radius 3 is 2.39 bits per heavy atom. The van der Waals surface area contributed by atoms with Gasteiger partial charge in [-0.05, 0) is 42.2 Å². The Labute approximate surface area is 189 Å². The summed E-state index contributed by atoms with van der Waals surface area (Å²) in [5.41, 5.74) is 2.78. The number of carboxylic acid groups (broad SMARTS) is 1. The van der Waals surface area contributed by atoms with Crippen LogP contribution in [0.1, 0.15) is 17.5 Å². The van der Waals surface area contributed by atoms with E-state index in [4.69, 9.17) is 14.7 Å². The van der Waals surface area contributed by atoms with E-state index in [1.807, 2.05) is 54.6 Å². The smallest absolute Gasteiger partial charge is 0.323 e. The molecule has 1 N–H and O–H groups in total.